The first-order valence-corrected chi connectivity index (χ1v) is 12.3. The lowest BCUT2D eigenvalue weighted by atomic mass is 9.88. The molecule has 1 aromatic carbocycles. The number of carbonyl (C=O) groups is 2. The minimum absolute atomic E-state index is 0.0861. The van der Waals surface area contributed by atoms with Gasteiger partial charge in [-0.1, -0.05) is 31.0 Å². The van der Waals surface area contributed by atoms with Gasteiger partial charge in [-0.05, 0) is 37.9 Å². The van der Waals surface area contributed by atoms with Crippen molar-refractivity contribution in [1.82, 2.24) is 20.4 Å². The van der Waals surface area contributed by atoms with Crippen LogP contribution in [0.5, 0.6) is 0 Å². The van der Waals surface area contributed by atoms with Gasteiger partial charge in [0, 0.05) is 30.5 Å². The van der Waals surface area contributed by atoms with E-state index < -0.39 is 42.0 Å². The number of aromatic nitrogens is 2. The van der Waals surface area contributed by atoms with Gasteiger partial charge in [0.25, 0.3) is 11.8 Å². The molecule has 1 amide bonds. The van der Waals surface area contributed by atoms with Crippen LogP contribution >= 0.6 is 0 Å². The van der Waals surface area contributed by atoms with Gasteiger partial charge in [0.05, 0.1) is 23.7 Å². The summed E-state index contributed by atoms with van der Waals surface area (Å²) < 4.78 is 68.7. The highest BCUT2D eigenvalue weighted by atomic mass is 19.4. The summed E-state index contributed by atoms with van der Waals surface area (Å²) in [7, 11) is 0. The molecule has 2 aromatic rings. The van der Waals surface area contributed by atoms with E-state index in [9.17, 15) is 36.6 Å². The van der Waals surface area contributed by atoms with Gasteiger partial charge in [-0.25, -0.2) is 8.78 Å². The maximum Gasteiger partial charge on any atom is 0.417 e. The van der Waals surface area contributed by atoms with Crippen molar-refractivity contribution in [2.24, 2.45) is 0 Å². The molecule has 3 N–H and O–H groups in total. The summed E-state index contributed by atoms with van der Waals surface area (Å²) in [5.41, 5.74) is -0.859. The van der Waals surface area contributed by atoms with Gasteiger partial charge in [0.1, 0.15) is 0 Å². The summed E-state index contributed by atoms with van der Waals surface area (Å²) in [5.74, 6) is -4.55. The summed E-state index contributed by atoms with van der Waals surface area (Å²) in [6.45, 7) is 0.222. The fourth-order valence-electron chi connectivity index (χ4n) is 5.05. The predicted molar refractivity (Wildman–Crippen MR) is 124 cm³/mol. The Balaban J connectivity index is 1.53. The molecule has 0 radical (unpaired) electrons. The lowest BCUT2D eigenvalue weighted by molar-refractivity contribution is -0.138. The van der Waals surface area contributed by atoms with E-state index in [0.717, 1.165) is 31.7 Å². The SMILES string of the molecule is O=C(O)C[C@H](CCNC1CC(F)(F)C1)NC(=O)c1cc(-c2ccccc2C(F)(F)F)n(C2CCCC2)n1. The van der Waals surface area contributed by atoms with Crippen LogP contribution in [0.15, 0.2) is 30.3 Å². The monoisotopic (exact) mass is 528 g/mol. The number of nitrogens with zero attached hydrogens (tertiary/aromatic N) is 2. The Bertz CT molecular complexity index is 1120. The molecule has 0 unspecified atom stereocenters. The van der Waals surface area contributed by atoms with Gasteiger partial charge in [-0.15, -0.1) is 0 Å². The Labute approximate surface area is 210 Å². The molecule has 1 heterocycles. The van der Waals surface area contributed by atoms with E-state index in [4.69, 9.17) is 0 Å². The van der Waals surface area contributed by atoms with E-state index in [1.807, 2.05) is 0 Å². The van der Waals surface area contributed by atoms with Crippen LogP contribution in [0.2, 0.25) is 0 Å². The van der Waals surface area contributed by atoms with Gasteiger partial charge in [0.15, 0.2) is 5.69 Å². The van der Waals surface area contributed by atoms with E-state index >= 15 is 0 Å². The summed E-state index contributed by atoms with van der Waals surface area (Å²) in [6, 6.07) is 5.08. The minimum atomic E-state index is -4.60. The van der Waals surface area contributed by atoms with Gasteiger partial charge in [0.2, 0.25) is 0 Å². The second kappa shape index (κ2) is 10.8. The molecule has 0 spiro atoms. The minimum Gasteiger partial charge on any atom is -0.481 e. The number of hydrogen-bond acceptors (Lipinski definition) is 4. The Hall–Kier alpha value is -3.02. The fraction of sp³-hybridized carbons (Fsp3) is 0.560. The molecule has 2 aliphatic rings. The molecule has 0 bridgehead atoms. The van der Waals surface area contributed by atoms with Crippen LogP contribution in [0.25, 0.3) is 11.3 Å². The van der Waals surface area contributed by atoms with Crippen molar-refractivity contribution in [3.63, 3.8) is 0 Å². The highest BCUT2D eigenvalue weighted by molar-refractivity contribution is 5.94. The molecule has 4 rings (SSSR count). The molecular formula is C25H29F5N4O3. The first kappa shape index (κ1) is 27.0. The lowest BCUT2D eigenvalue weighted by Gasteiger charge is -2.35. The molecule has 1 atom stereocenters. The summed E-state index contributed by atoms with van der Waals surface area (Å²) in [4.78, 5) is 24.4. The van der Waals surface area contributed by atoms with Crippen LogP contribution < -0.4 is 10.6 Å². The number of alkyl halides is 5. The number of halogens is 5. The van der Waals surface area contributed by atoms with Crippen LogP contribution in [0.1, 0.15) is 73.5 Å². The molecule has 2 saturated carbocycles. The maximum absolute atomic E-state index is 13.7. The highest BCUT2D eigenvalue weighted by Crippen LogP contribution is 2.40. The Morgan fingerprint density at radius 3 is 2.46 bits per heavy atom. The molecule has 202 valence electrons. The van der Waals surface area contributed by atoms with Crippen LogP contribution in [0, 0.1) is 0 Å². The third-order valence-corrected chi connectivity index (χ3v) is 6.92. The Morgan fingerprint density at radius 2 is 1.84 bits per heavy atom. The average molecular weight is 529 g/mol. The lowest BCUT2D eigenvalue weighted by Crippen LogP contribution is -2.49. The first-order chi connectivity index (χ1) is 17.4. The first-order valence-electron chi connectivity index (χ1n) is 12.3. The zero-order chi connectivity index (χ0) is 26.8. The number of aliphatic carboxylic acids is 1. The number of rotatable bonds is 10. The largest absolute Gasteiger partial charge is 0.481 e. The maximum atomic E-state index is 13.7. The number of benzene rings is 1. The van der Waals surface area contributed by atoms with E-state index in [1.165, 1.54) is 28.9 Å². The van der Waals surface area contributed by atoms with E-state index in [0.29, 0.717) is 0 Å². The van der Waals surface area contributed by atoms with Crippen LogP contribution in [0.4, 0.5) is 22.0 Å². The third-order valence-electron chi connectivity index (χ3n) is 6.92. The summed E-state index contributed by atoms with van der Waals surface area (Å²) >= 11 is 0. The van der Waals surface area contributed by atoms with Crippen molar-refractivity contribution in [3.05, 3.63) is 41.6 Å². The summed E-state index contributed by atoms with van der Waals surface area (Å²) in [6.07, 6.45) is -2.18. The van der Waals surface area contributed by atoms with Crippen LogP contribution in [-0.2, 0) is 11.0 Å². The Morgan fingerprint density at radius 1 is 1.16 bits per heavy atom. The molecule has 1 aromatic heterocycles. The molecule has 2 fully saturated rings. The fourth-order valence-corrected chi connectivity index (χ4v) is 5.05. The molecule has 7 nitrogen and oxygen atoms in total. The number of carboxylic acids is 1. The number of amides is 1. The summed E-state index contributed by atoms with van der Waals surface area (Å²) in [5, 5.41) is 19.2. The van der Waals surface area contributed by atoms with Gasteiger partial charge in [-0.2, -0.15) is 18.3 Å². The van der Waals surface area contributed by atoms with Gasteiger partial charge < -0.3 is 15.7 Å². The average Bonchev–Trinajstić information content (AvgIpc) is 3.47. The van der Waals surface area contributed by atoms with Crippen LogP contribution in [0.3, 0.4) is 0 Å². The number of carbonyl (C=O) groups excluding carboxylic acids is 1. The topological polar surface area (TPSA) is 96.3 Å². The quantitative estimate of drug-likeness (QED) is 0.376. The molecular weight excluding hydrogens is 499 g/mol. The number of hydrogen-bond donors (Lipinski definition) is 3. The van der Waals surface area contributed by atoms with Gasteiger partial charge >= 0.3 is 12.1 Å². The van der Waals surface area contributed by atoms with Crippen molar-refractivity contribution in [3.8, 4) is 11.3 Å². The van der Waals surface area contributed by atoms with Crippen molar-refractivity contribution in [2.75, 3.05) is 6.54 Å². The van der Waals surface area contributed by atoms with Gasteiger partial charge in [-0.3, -0.25) is 14.3 Å². The predicted octanol–water partition coefficient (Wildman–Crippen LogP) is 5.03. The second-order valence-electron chi connectivity index (χ2n) is 9.81. The van der Waals surface area contributed by atoms with Crippen molar-refractivity contribution in [1.29, 1.82) is 0 Å². The zero-order valence-electron chi connectivity index (χ0n) is 20.0. The molecule has 0 saturated heterocycles. The zero-order valence-corrected chi connectivity index (χ0v) is 20.0. The van der Waals surface area contributed by atoms with Crippen molar-refractivity contribution < 1.29 is 36.6 Å². The molecule has 2 aliphatic carbocycles. The van der Waals surface area contributed by atoms with E-state index in [2.05, 4.69) is 15.7 Å². The standard InChI is InChI=1S/C25H29F5N4O3/c26-24(27)13-16(14-24)31-10-9-15(11-22(35)36)32-23(37)20-12-21(34(33-20)17-5-1-2-6-17)18-7-3-4-8-19(18)25(28,29)30/h3-4,7-8,12,15-17,31H,1-2,5-6,9-11,13-14H2,(H,32,37)(H,35,36)/t15-/m0/s1. The highest BCUT2D eigenvalue weighted by Gasteiger charge is 2.45. The Kier molecular flexibility index (Phi) is 7.86. The molecule has 12 heteroatoms. The van der Waals surface area contributed by atoms with Crippen molar-refractivity contribution >= 4 is 11.9 Å². The van der Waals surface area contributed by atoms with Crippen molar-refractivity contribution in [2.45, 2.75) is 81.6 Å². The number of nitrogens with one attached hydrogen (secondary N) is 2. The molecule has 37 heavy (non-hydrogen) atoms. The van der Waals surface area contributed by atoms with Crippen LogP contribution in [-0.4, -0.2) is 51.3 Å². The third kappa shape index (κ3) is 6.65. The normalized spacial score (nSPS) is 18.9. The van der Waals surface area contributed by atoms with E-state index in [-0.39, 0.29) is 54.8 Å². The second-order valence-corrected chi connectivity index (χ2v) is 9.81. The molecule has 0 aliphatic heterocycles. The smallest absolute Gasteiger partial charge is 0.417 e. The number of carboxylic acid groups (broad SMARTS) is 1. The van der Waals surface area contributed by atoms with E-state index in [1.54, 1.807) is 0 Å².